The first-order valence-corrected chi connectivity index (χ1v) is 7.56. The molecule has 0 amide bonds. The minimum absolute atomic E-state index is 0.841. The molecular formula is C17H18N2S. The molecule has 1 N–H and O–H groups in total. The summed E-state index contributed by atoms with van der Waals surface area (Å²) in [5, 5.41) is 3.17. The quantitative estimate of drug-likeness (QED) is 0.851. The largest absolute Gasteiger partial charge is 0.335 e. The third kappa shape index (κ3) is 2.47. The molecule has 2 aromatic rings. The van der Waals surface area contributed by atoms with Crippen molar-refractivity contribution in [2.75, 3.05) is 25.0 Å². The molecule has 0 aliphatic carbocycles. The average molecular weight is 282 g/mol. The maximum absolute atomic E-state index is 4.17. The Balaban J connectivity index is 2.01. The monoisotopic (exact) mass is 282 g/mol. The number of hydrogen-bond donors (Lipinski definition) is 1. The molecule has 0 saturated heterocycles. The van der Waals surface area contributed by atoms with Gasteiger partial charge in [-0.15, -0.1) is 0 Å². The van der Waals surface area contributed by atoms with Gasteiger partial charge in [0, 0.05) is 22.9 Å². The van der Waals surface area contributed by atoms with E-state index in [4.69, 9.17) is 0 Å². The van der Waals surface area contributed by atoms with Crippen molar-refractivity contribution in [3.8, 4) is 0 Å². The van der Waals surface area contributed by atoms with Gasteiger partial charge in [0.1, 0.15) is 0 Å². The van der Waals surface area contributed by atoms with Crippen molar-refractivity contribution in [1.29, 1.82) is 0 Å². The molecule has 3 rings (SSSR count). The molecule has 20 heavy (non-hydrogen) atoms. The lowest BCUT2D eigenvalue weighted by molar-refractivity contribution is 0.845. The van der Waals surface area contributed by atoms with Crippen LogP contribution >= 0.6 is 11.8 Å². The summed E-state index contributed by atoms with van der Waals surface area (Å²) in [4.78, 5) is 4.98. The van der Waals surface area contributed by atoms with Crippen LogP contribution in [0, 0.1) is 0 Å². The summed E-state index contributed by atoms with van der Waals surface area (Å²) in [5.74, 6) is 0. The molecule has 1 heterocycles. The predicted molar refractivity (Wildman–Crippen MR) is 87.1 cm³/mol. The Morgan fingerprint density at radius 3 is 2.15 bits per heavy atom. The Bertz CT molecular complexity index is 591. The van der Waals surface area contributed by atoms with Crippen molar-refractivity contribution in [2.24, 2.45) is 0 Å². The number of anilines is 2. The molecule has 1 aliphatic rings. The smallest absolute Gasteiger partial charge is 0.0555 e. The minimum Gasteiger partial charge on any atom is -0.335 e. The van der Waals surface area contributed by atoms with Crippen LogP contribution in [-0.4, -0.2) is 20.1 Å². The van der Waals surface area contributed by atoms with Crippen LogP contribution in [0.3, 0.4) is 0 Å². The molecule has 0 spiro atoms. The summed E-state index contributed by atoms with van der Waals surface area (Å²) in [6.45, 7) is 5.86. The first kappa shape index (κ1) is 13.3. The highest BCUT2D eigenvalue weighted by atomic mass is 32.2. The Morgan fingerprint density at radius 2 is 1.60 bits per heavy atom. The zero-order valence-corrected chi connectivity index (χ0v) is 12.4. The maximum Gasteiger partial charge on any atom is 0.0555 e. The van der Waals surface area contributed by atoms with Gasteiger partial charge in [-0.25, -0.2) is 0 Å². The van der Waals surface area contributed by atoms with E-state index in [0.29, 0.717) is 0 Å². The third-order valence-corrected chi connectivity index (χ3v) is 4.47. The standard InChI is InChI=1S/C17H18N2S/c1-13(11-18-2)12-19-14-7-3-5-9-16(14)20-17-10-6-4-8-15(17)19/h3-10,18H,1,11-12H2,2H3. The summed E-state index contributed by atoms with van der Waals surface area (Å²) in [6, 6.07) is 17.1. The van der Waals surface area contributed by atoms with Crippen molar-refractivity contribution < 1.29 is 0 Å². The summed E-state index contributed by atoms with van der Waals surface area (Å²) >= 11 is 1.84. The van der Waals surface area contributed by atoms with Gasteiger partial charge in [0.25, 0.3) is 0 Å². The molecule has 1 aliphatic heterocycles. The van der Waals surface area contributed by atoms with Crippen LogP contribution in [0.2, 0.25) is 0 Å². The molecule has 0 atom stereocenters. The predicted octanol–water partition coefficient (Wildman–Crippen LogP) is 4.06. The van der Waals surface area contributed by atoms with E-state index in [1.54, 1.807) is 0 Å². The van der Waals surface area contributed by atoms with E-state index in [9.17, 15) is 0 Å². The topological polar surface area (TPSA) is 15.3 Å². The zero-order valence-electron chi connectivity index (χ0n) is 11.6. The Hall–Kier alpha value is -1.71. The molecule has 3 heteroatoms. The number of hydrogen-bond acceptors (Lipinski definition) is 3. The van der Waals surface area contributed by atoms with Gasteiger partial charge in [0.2, 0.25) is 0 Å². The number of nitrogens with one attached hydrogen (secondary N) is 1. The summed E-state index contributed by atoms with van der Waals surface area (Å²) < 4.78 is 0. The van der Waals surface area contributed by atoms with Gasteiger partial charge in [0.05, 0.1) is 11.4 Å². The van der Waals surface area contributed by atoms with E-state index < -0.39 is 0 Å². The number of likely N-dealkylation sites (N-methyl/N-ethyl adjacent to an activating group) is 1. The first-order valence-electron chi connectivity index (χ1n) is 6.74. The maximum atomic E-state index is 4.17. The molecule has 0 fully saturated rings. The lowest BCUT2D eigenvalue weighted by Gasteiger charge is -2.33. The van der Waals surface area contributed by atoms with Crippen LogP contribution in [0.5, 0.6) is 0 Å². The van der Waals surface area contributed by atoms with E-state index >= 15 is 0 Å². The van der Waals surface area contributed by atoms with Gasteiger partial charge < -0.3 is 10.2 Å². The SMILES string of the molecule is C=C(CNC)CN1c2ccccc2Sc2ccccc21. The second-order valence-corrected chi connectivity index (χ2v) is 5.99. The van der Waals surface area contributed by atoms with Crippen LogP contribution in [0.25, 0.3) is 0 Å². The van der Waals surface area contributed by atoms with Gasteiger partial charge in [-0.3, -0.25) is 0 Å². The van der Waals surface area contributed by atoms with Crippen LogP contribution in [0.4, 0.5) is 11.4 Å². The average Bonchev–Trinajstić information content (AvgIpc) is 2.47. The lowest BCUT2D eigenvalue weighted by Crippen LogP contribution is -2.26. The normalized spacial score (nSPS) is 12.8. The van der Waals surface area contributed by atoms with Gasteiger partial charge in [0.15, 0.2) is 0 Å². The van der Waals surface area contributed by atoms with Gasteiger partial charge in [-0.2, -0.15) is 0 Å². The second kappa shape index (κ2) is 5.73. The van der Waals surface area contributed by atoms with Crippen LogP contribution < -0.4 is 10.2 Å². The van der Waals surface area contributed by atoms with E-state index in [2.05, 4.69) is 65.3 Å². The number of para-hydroxylation sites is 2. The fraction of sp³-hybridized carbons (Fsp3) is 0.176. The Labute approximate surface area is 124 Å². The van der Waals surface area contributed by atoms with Crippen molar-refractivity contribution in [3.05, 3.63) is 60.7 Å². The second-order valence-electron chi connectivity index (χ2n) is 4.90. The van der Waals surface area contributed by atoms with E-state index in [1.165, 1.54) is 26.7 Å². The van der Waals surface area contributed by atoms with E-state index in [-0.39, 0.29) is 0 Å². The Kier molecular flexibility index (Phi) is 3.81. The van der Waals surface area contributed by atoms with E-state index in [1.807, 2.05) is 18.8 Å². The summed E-state index contributed by atoms with van der Waals surface area (Å²) in [7, 11) is 1.96. The highest BCUT2D eigenvalue weighted by Gasteiger charge is 2.22. The van der Waals surface area contributed by atoms with Crippen molar-refractivity contribution in [1.82, 2.24) is 5.32 Å². The molecule has 2 aromatic carbocycles. The fourth-order valence-electron chi connectivity index (χ4n) is 2.48. The van der Waals surface area contributed by atoms with Crippen molar-refractivity contribution in [2.45, 2.75) is 9.79 Å². The summed E-state index contributed by atoms with van der Waals surface area (Å²) in [5.41, 5.74) is 3.73. The van der Waals surface area contributed by atoms with Gasteiger partial charge >= 0.3 is 0 Å². The molecule has 2 nitrogen and oxygen atoms in total. The first-order chi connectivity index (χ1) is 9.79. The van der Waals surface area contributed by atoms with E-state index in [0.717, 1.165) is 13.1 Å². The molecule has 102 valence electrons. The number of fused-ring (bicyclic) bond motifs is 2. The molecular weight excluding hydrogens is 264 g/mol. The van der Waals surface area contributed by atoms with Gasteiger partial charge in [-0.1, -0.05) is 42.6 Å². The molecule has 0 radical (unpaired) electrons. The number of rotatable bonds is 4. The highest BCUT2D eigenvalue weighted by Crippen LogP contribution is 2.47. The lowest BCUT2D eigenvalue weighted by atomic mass is 10.2. The number of nitrogens with zero attached hydrogens (tertiary/aromatic N) is 1. The van der Waals surface area contributed by atoms with Crippen molar-refractivity contribution in [3.63, 3.8) is 0 Å². The fourth-order valence-corrected chi connectivity index (χ4v) is 3.58. The molecule has 0 bridgehead atoms. The molecule has 0 unspecified atom stereocenters. The zero-order chi connectivity index (χ0) is 13.9. The summed E-state index contributed by atoms with van der Waals surface area (Å²) in [6.07, 6.45) is 0. The van der Waals surface area contributed by atoms with Crippen LogP contribution in [-0.2, 0) is 0 Å². The minimum atomic E-state index is 0.841. The highest BCUT2D eigenvalue weighted by molar-refractivity contribution is 7.99. The Morgan fingerprint density at radius 1 is 1.05 bits per heavy atom. The van der Waals surface area contributed by atoms with Crippen LogP contribution in [0.1, 0.15) is 0 Å². The van der Waals surface area contributed by atoms with Crippen LogP contribution in [0.15, 0.2) is 70.5 Å². The number of benzene rings is 2. The third-order valence-electron chi connectivity index (χ3n) is 3.34. The van der Waals surface area contributed by atoms with Crippen molar-refractivity contribution >= 4 is 23.1 Å². The molecule has 0 saturated carbocycles. The van der Waals surface area contributed by atoms with Gasteiger partial charge in [-0.05, 0) is 36.9 Å². The molecule has 0 aromatic heterocycles.